The van der Waals surface area contributed by atoms with Gasteiger partial charge in [-0.05, 0) is 6.42 Å². The van der Waals surface area contributed by atoms with E-state index >= 15 is 0 Å². The Balaban J connectivity index is 0. The summed E-state index contributed by atoms with van der Waals surface area (Å²) in [5, 5.41) is 2.57. The van der Waals surface area contributed by atoms with Gasteiger partial charge in [0.2, 0.25) is 0 Å². The van der Waals surface area contributed by atoms with E-state index in [-0.39, 0.29) is 1.43 Å². The maximum absolute atomic E-state index is 10.7. The molecule has 0 fully saturated rings. The highest BCUT2D eigenvalue weighted by Gasteiger charge is 2.36. The van der Waals surface area contributed by atoms with Crippen LogP contribution in [0.15, 0.2) is 0 Å². The smallest absolute Gasteiger partial charge is 0.453 e. The monoisotopic (exact) mass is 238 g/mol. The van der Waals surface area contributed by atoms with E-state index in [1.165, 1.54) is 7.11 Å². The van der Waals surface area contributed by atoms with Crippen LogP contribution in [0.4, 0.5) is 4.79 Å². The summed E-state index contributed by atoms with van der Waals surface area (Å²) in [6.07, 6.45) is 0.283. The number of hydrogen-bond donors (Lipinski definition) is 1. The molecule has 0 unspecified atom stereocenters. The fourth-order valence-electron chi connectivity index (χ4n) is 1.12. The van der Waals surface area contributed by atoms with Crippen molar-refractivity contribution in [3.8, 4) is 0 Å². The Morgan fingerprint density at radius 3 is 2.13 bits per heavy atom. The van der Waals surface area contributed by atoms with Crippen molar-refractivity contribution in [1.29, 1.82) is 0 Å². The Morgan fingerprint density at radius 1 is 1.20 bits per heavy atom. The Labute approximate surface area is 92.7 Å². The molecule has 0 bridgehead atoms. The molecular weight excluding hydrogens is 218 g/mol. The van der Waals surface area contributed by atoms with Crippen LogP contribution in [0.2, 0.25) is 6.04 Å². The molecule has 0 aromatic heterocycles. The van der Waals surface area contributed by atoms with Crippen molar-refractivity contribution in [3.05, 3.63) is 0 Å². The molecule has 0 spiro atoms. The summed E-state index contributed by atoms with van der Waals surface area (Å²) in [4.78, 5) is 10.7. The fraction of sp³-hybridized carbons (Fsp3) is 0.875. The van der Waals surface area contributed by atoms with E-state index in [1.807, 2.05) is 0 Å². The van der Waals surface area contributed by atoms with Crippen LogP contribution in [0, 0.1) is 0 Å². The van der Waals surface area contributed by atoms with Crippen LogP contribution in [0.1, 0.15) is 7.85 Å². The normalized spacial score (nSPS) is 11.2. The summed E-state index contributed by atoms with van der Waals surface area (Å²) in [7, 11) is 3.52. The first-order valence-electron chi connectivity index (χ1n) is 4.61. The first-order valence-corrected chi connectivity index (χ1v) is 6.54. The minimum absolute atomic E-state index is 0. The van der Waals surface area contributed by atoms with Crippen LogP contribution in [-0.2, 0) is 18.0 Å². The fourth-order valence-corrected chi connectivity index (χ4v) is 2.85. The molecule has 0 aromatic rings. The number of ether oxygens (including phenoxy) is 1. The number of amides is 1. The molecule has 0 radical (unpaired) electrons. The summed E-state index contributed by atoms with van der Waals surface area (Å²) >= 11 is 0. The minimum Gasteiger partial charge on any atom is -0.453 e. The van der Waals surface area contributed by atoms with E-state index < -0.39 is 14.9 Å². The van der Waals surface area contributed by atoms with Gasteiger partial charge in [-0.15, -0.1) is 0 Å². The third-order valence-corrected chi connectivity index (χ3v) is 4.88. The SMILES string of the molecule is COC(=O)NCCC[Si](OC)(OC)OC.[H+]. The maximum atomic E-state index is 10.7. The van der Waals surface area contributed by atoms with E-state index in [1.54, 1.807) is 21.3 Å². The lowest BCUT2D eigenvalue weighted by molar-refractivity contribution is 0.122. The van der Waals surface area contributed by atoms with E-state index in [4.69, 9.17) is 13.3 Å². The summed E-state index contributed by atoms with van der Waals surface area (Å²) < 4.78 is 20.1. The number of carbonyl (C=O) groups is 1. The Morgan fingerprint density at radius 2 is 1.73 bits per heavy atom. The number of alkyl carbamates (subject to hydrolysis) is 1. The number of carbonyl (C=O) groups excluding carboxylic acids is 1. The Bertz CT molecular complexity index is 183. The quantitative estimate of drug-likeness (QED) is 0.523. The van der Waals surface area contributed by atoms with Gasteiger partial charge in [0, 0.05) is 33.9 Å². The van der Waals surface area contributed by atoms with E-state index in [9.17, 15) is 4.79 Å². The zero-order chi connectivity index (χ0) is 11.7. The van der Waals surface area contributed by atoms with E-state index in [0.717, 1.165) is 6.42 Å². The van der Waals surface area contributed by atoms with Crippen molar-refractivity contribution in [2.75, 3.05) is 35.0 Å². The lowest BCUT2D eigenvalue weighted by Gasteiger charge is -2.24. The standard InChI is InChI=1S/C8H19NO5Si/c1-11-8(10)9-6-5-7-15(12-2,13-3)14-4/h5-7H2,1-4H3,(H,9,10)/p+1. The molecule has 0 aromatic carbocycles. The van der Waals surface area contributed by atoms with Gasteiger partial charge in [0.05, 0.1) is 7.11 Å². The number of nitrogens with one attached hydrogen (secondary N) is 1. The largest absolute Gasteiger partial charge is 1.00 e. The highest BCUT2D eigenvalue weighted by Crippen LogP contribution is 2.14. The molecule has 0 saturated heterocycles. The molecule has 0 rings (SSSR count). The third-order valence-electron chi connectivity index (χ3n) is 2.05. The van der Waals surface area contributed by atoms with E-state index in [2.05, 4.69) is 10.1 Å². The van der Waals surface area contributed by atoms with Gasteiger partial charge in [-0.3, -0.25) is 0 Å². The zero-order valence-corrected chi connectivity index (χ0v) is 10.7. The average molecular weight is 238 g/mol. The topological polar surface area (TPSA) is 66.0 Å². The molecule has 0 saturated carbocycles. The predicted octanol–water partition coefficient (Wildman–Crippen LogP) is 0.723. The van der Waals surface area contributed by atoms with Gasteiger partial charge in [-0.1, -0.05) is 0 Å². The molecule has 0 atom stereocenters. The van der Waals surface area contributed by atoms with Gasteiger partial charge in [0.15, 0.2) is 0 Å². The molecule has 15 heavy (non-hydrogen) atoms. The van der Waals surface area contributed by atoms with E-state index in [0.29, 0.717) is 12.6 Å². The molecule has 1 N–H and O–H groups in total. The summed E-state index contributed by atoms with van der Waals surface area (Å²) in [6.45, 7) is 0.511. The third kappa shape index (κ3) is 5.12. The van der Waals surface area contributed by atoms with Crippen LogP contribution in [0.3, 0.4) is 0 Å². The second-order valence-corrected chi connectivity index (χ2v) is 5.91. The van der Waals surface area contributed by atoms with Crippen LogP contribution in [0.25, 0.3) is 0 Å². The van der Waals surface area contributed by atoms with Crippen molar-refractivity contribution < 1.29 is 24.2 Å². The number of rotatable bonds is 7. The average Bonchev–Trinajstić information content (AvgIpc) is 2.30. The van der Waals surface area contributed by atoms with Crippen LogP contribution >= 0.6 is 0 Å². The van der Waals surface area contributed by atoms with Crippen LogP contribution < -0.4 is 5.32 Å². The highest BCUT2D eigenvalue weighted by atomic mass is 28.4. The molecule has 0 heterocycles. The van der Waals surface area contributed by atoms with Crippen LogP contribution in [0.5, 0.6) is 0 Å². The molecule has 90 valence electrons. The molecule has 7 heteroatoms. The number of methoxy groups -OCH3 is 1. The maximum Gasteiger partial charge on any atom is 1.00 e. The van der Waals surface area contributed by atoms with Crippen LogP contribution in [-0.4, -0.2) is 49.9 Å². The van der Waals surface area contributed by atoms with Crippen molar-refractivity contribution in [2.45, 2.75) is 12.5 Å². The van der Waals surface area contributed by atoms with Gasteiger partial charge >= 0.3 is 16.3 Å². The summed E-state index contributed by atoms with van der Waals surface area (Å²) in [6, 6.07) is 0.653. The molecule has 1 amide bonds. The van der Waals surface area contributed by atoms with Crippen molar-refractivity contribution in [1.82, 2.24) is 5.32 Å². The van der Waals surface area contributed by atoms with Gasteiger partial charge in [-0.2, -0.15) is 0 Å². The molecule has 6 nitrogen and oxygen atoms in total. The summed E-state index contributed by atoms with van der Waals surface area (Å²) in [5.74, 6) is 0. The number of hydrogen-bond acceptors (Lipinski definition) is 5. The van der Waals surface area contributed by atoms with Crippen molar-refractivity contribution in [2.24, 2.45) is 0 Å². The first kappa shape index (κ1) is 14.4. The van der Waals surface area contributed by atoms with Gasteiger partial charge in [0.25, 0.3) is 0 Å². The Hall–Kier alpha value is -0.633. The lowest BCUT2D eigenvalue weighted by Crippen LogP contribution is -2.43. The summed E-state index contributed by atoms with van der Waals surface area (Å²) in [5.41, 5.74) is 0. The lowest BCUT2D eigenvalue weighted by atomic mass is 10.5. The molecular formula is C8H20NO5Si+. The first-order chi connectivity index (χ1) is 7.14. The van der Waals surface area contributed by atoms with Crippen molar-refractivity contribution in [3.63, 3.8) is 0 Å². The van der Waals surface area contributed by atoms with Gasteiger partial charge in [0.1, 0.15) is 0 Å². The van der Waals surface area contributed by atoms with Crippen molar-refractivity contribution >= 4 is 14.9 Å². The minimum atomic E-state index is -2.49. The zero-order valence-electron chi connectivity index (χ0n) is 10.7. The van der Waals surface area contributed by atoms with Gasteiger partial charge in [-0.25, -0.2) is 4.79 Å². The highest BCUT2D eigenvalue weighted by molar-refractivity contribution is 6.60. The Kier molecular flexibility index (Phi) is 7.31. The molecule has 0 aliphatic rings. The molecule has 0 aliphatic carbocycles. The second kappa shape index (κ2) is 7.63. The molecule has 0 aliphatic heterocycles. The predicted molar refractivity (Wildman–Crippen MR) is 57.7 cm³/mol. The van der Waals surface area contributed by atoms with Gasteiger partial charge < -0.3 is 23.3 Å². The second-order valence-electron chi connectivity index (χ2n) is 2.82.